The molecular weight excluding hydrogens is 254 g/mol. The van der Waals surface area contributed by atoms with E-state index in [1.807, 2.05) is 18.2 Å². The Labute approximate surface area is 118 Å². The van der Waals surface area contributed by atoms with Gasteiger partial charge in [-0.25, -0.2) is 4.39 Å². The molecule has 4 heteroatoms. The van der Waals surface area contributed by atoms with Gasteiger partial charge in [-0.2, -0.15) is 0 Å². The third kappa shape index (κ3) is 2.92. The van der Waals surface area contributed by atoms with E-state index in [0.29, 0.717) is 6.61 Å². The molecule has 0 spiro atoms. The maximum Gasteiger partial charge on any atom is 0.491 e. The molecule has 1 heterocycles. The van der Waals surface area contributed by atoms with Crippen LogP contribution in [0.2, 0.25) is 0 Å². The molecule has 0 bridgehead atoms. The van der Waals surface area contributed by atoms with Gasteiger partial charge in [0.1, 0.15) is 5.82 Å². The van der Waals surface area contributed by atoms with E-state index in [9.17, 15) is 9.41 Å². The fraction of sp³-hybridized carbons (Fsp3) is 0.250. The minimum absolute atomic E-state index is 0.206. The van der Waals surface area contributed by atoms with E-state index >= 15 is 0 Å². The van der Waals surface area contributed by atoms with Crippen molar-refractivity contribution in [2.45, 2.75) is 19.3 Å². The summed E-state index contributed by atoms with van der Waals surface area (Å²) in [6.45, 7) is 0.573. The highest BCUT2D eigenvalue weighted by Crippen LogP contribution is 2.12. The van der Waals surface area contributed by atoms with Crippen LogP contribution in [0.4, 0.5) is 4.39 Å². The smallest absolute Gasteiger partial charge is 0.423 e. The second-order valence-corrected chi connectivity index (χ2v) is 5.13. The van der Waals surface area contributed by atoms with E-state index in [1.165, 1.54) is 12.1 Å². The fourth-order valence-electron chi connectivity index (χ4n) is 2.57. The standard InChI is InChI=1S/C16H16BFO2/c18-15-7-4-12(5-8-15)1-2-13-3-6-14-9-10-20-17(19)16(14)11-13/h3-8,11,19H,1-2,9-10H2. The summed E-state index contributed by atoms with van der Waals surface area (Å²) in [7, 11) is -0.801. The summed E-state index contributed by atoms with van der Waals surface area (Å²) in [5, 5.41) is 9.84. The summed E-state index contributed by atoms with van der Waals surface area (Å²) in [5.41, 5.74) is 4.32. The van der Waals surface area contributed by atoms with Crippen molar-refractivity contribution in [1.29, 1.82) is 0 Å². The molecule has 0 saturated heterocycles. The lowest BCUT2D eigenvalue weighted by Gasteiger charge is -2.19. The minimum atomic E-state index is -0.801. The third-order valence-corrected chi connectivity index (χ3v) is 3.74. The van der Waals surface area contributed by atoms with E-state index in [1.54, 1.807) is 0 Å². The number of halogens is 1. The van der Waals surface area contributed by atoms with Crippen LogP contribution in [0, 0.1) is 5.82 Å². The quantitative estimate of drug-likeness (QED) is 0.863. The van der Waals surface area contributed by atoms with Gasteiger partial charge in [-0.3, -0.25) is 0 Å². The number of fused-ring (bicyclic) bond motifs is 1. The van der Waals surface area contributed by atoms with E-state index in [-0.39, 0.29) is 5.82 Å². The first-order valence-electron chi connectivity index (χ1n) is 6.88. The van der Waals surface area contributed by atoms with E-state index < -0.39 is 7.12 Å². The summed E-state index contributed by atoms with van der Waals surface area (Å²) in [4.78, 5) is 0. The lowest BCUT2D eigenvalue weighted by Crippen LogP contribution is -2.41. The summed E-state index contributed by atoms with van der Waals surface area (Å²) in [6, 6.07) is 12.8. The van der Waals surface area contributed by atoms with Crippen LogP contribution in [0.1, 0.15) is 16.7 Å². The Bertz CT molecular complexity index is 598. The van der Waals surface area contributed by atoms with Gasteiger partial charge in [-0.1, -0.05) is 30.3 Å². The second kappa shape index (κ2) is 5.77. The van der Waals surface area contributed by atoms with E-state index in [2.05, 4.69) is 12.1 Å². The maximum absolute atomic E-state index is 12.8. The molecule has 102 valence electrons. The highest BCUT2D eigenvalue weighted by atomic mass is 19.1. The van der Waals surface area contributed by atoms with Crippen molar-refractivity contribution < 1.29 is 14.1 Å². The topological polar surface area (TPSA) is 29.5 Å². The summed E-state index contributed by atoms with van der Waals surface area (Å²) < 4.78 is 18.1. The Kier molecular flexibility index (Phi) is 3.85. The first-order chi connectivity index (χ1) is 9.72. The summed E-state index contributed by atoms with van der Waals surface area (Å²) in [6.07, 6.45) is 2.58. The zero-order valence-electron chi connectivity index (χ0n) is 11.2. The third-order valence-electron chi connectivity index (χ3n) is 3.74. The van der Waals surface area contributed by atoms with E-state index in [4.69, 9.17) is 4.65 Å². The molecule has 1 N–H and O–H groups in total. The van der Waals surface area contributed by atoms with Crippen LogP contribution in [0.25, 0.3) is 0 Å². The number of hydrogen-bond acceptors (Lipinski definition) is 2. The molecule has 0 unspecified atom stereocenters. The van der Waals surface area contributed by atoms with Gasteiger partial charge in [0.25, 0.3) is 0 Å². The van der Waals surface area contributed by atoms with Crippen LogP contribution in [0.3, 0.4) is 0 Å². The van der Waals surface area contributed by atoms with Crippen molar-refractivity contribution in [3.8, 4) is 0 Å². The molecule has 0 saturated carbocycles. The Balaban J connectivity index is 1.72. The average Bonchev–Trinajstić information content (AvgIpc) is 2.47. The Morgan fingerprint density at radius 2 is 1.75 bits per heavy atom. The van der Waals surface area contributed by atoms with Gasteiger partial charge in [-0.05, 0) is 53.5 Å². The van der Waals surface area contributed by atoms with Crippen LogP contribution < -0.4 is 5.46 Å². The van der Waals surface area contributed by atoms with Crippen molar-refractivity contribution in [2.75, 3.05) is 6.61 Å². The minimum Gasteiger partial charge on any atom is -0.423 e. The number of benzene rings is 2. The Morgan fingerprint density at radius 3 is 2.55 bits per heavy atom. The Morgan fingerprint density at radius 1 is 1.05 bits per heavy atom. The van der Waals surface area contributed by atoms with Gasteiger partial charge >= 0.3 is 7.12 Å². The first-order valence-corrected chi connectivity index (χ1v) is 6.88. The van der Waals surface area contributed by atoms with Gasteiger partial charge in [0, 0.05) is 6.61 Å². The molecule has 3 rings (SSSR count). The maximum atomic E-state index is 12.8. The molecule has 2 aromatic carbocycles. The van der Waals surface area contributed by atoms with Gasteiger partial charge in [0.05, 0.1) is 0 Å². The largest absolute Gasteiger partial charge is 0.491 e. The molecule has 1 aliphatic heterocycles. The van der Waals surface area contributed by atoms with Crippen molar-refractivity contribution >= 4 is 12.6 Å². The van der Waals surface area contributed by atoms with Gasteiger partial charge < -0.3 is 9.68 Å². The molecule has 0 radical (unpaired) electrons. The van der Waals surface area contributed by atoms with Crippen LogP contribution in [-0.2, 0) is 23.9 Å². The summed E-state index contributed by atoms with van der Waals surface area (Å²) >= 11 is 0. The SMILES string of the molecule is OB1OCCc2ccc(CCc3ccc(F)cc3)cc21. The predicted molar refractivity (Wildman–Crippen MR) is 77.5 cm³/mol. The molecule has 20 heavy (non-hydrogen) atoms. The molecule has 1 aliphatic rings. The molecule has 0 atom stereocenters. The molecule has 0 aromatic heterocycles. The number of rotatable bonds is 3. The van der Waals surface area contributed by atoms with Crippen LogP contribution in [0.15, 0.2) is 42.5 Å². The molecule has 0 aliphatic carbocycles. The van der Waals surface area contributed by atoms with Crippen LogP contribution in [0.5, 0.6) is 0 Å². The lowest BCUT2D eigenvalue weighted by molar-refractivity contribution is 0.266. The van der Waals surface area contributed by atoms with Crippen LogP contribution >= 0.6 is 0 Å². The van der Waals surface area contributed by atoms with Crippen molar-refractivity contribution in [2.24, 2.45) is 0 Å². The monoisotopic (exact) mass is 270 g/mol. The number of aryl methyl sites for hydroxylation is 2. The van der Waals surface area contributed by atoms with Crippen molar-refractivity contribution in [1.82, 2.24) is 0 Å². The second-order valence-electron chi connectivity index (χ2n) is 5.13. The zero-order valence-corrected chi connectivity index (χ0v) is 11.2. The van der Waals surface area contributed by atoms with Gasteiger partial charge in [0.15, 0.2) is 0 Å². The van der Waals surface area contributed by atoms with E-state index in [0.717, 1.165) is 41.4 Å². The van der Waals surface area contributed by atoms with Gasteiger partial charge in [0.2, 0.25) is 0 Å². The highest BCUT2D eigenvalue weighted by molar-refractivity contribution is 6.60. The zero-order chi connectivity index (χ0) is 13.9. The highest BCUT2D eigenvalue weighted by Gasteiger charge is 2.24. The first kappa shape index (κ1) is 13.3. The summed E-state index contributed by atoms with van der Waals surface area (Å²) in [5.74, 6) is -0.206. The molecular formula is C16H16BFO2. The fourth-order valence-corrected chi connectivity index (χ4v) is 2.57. The number of hydrogen-bond donors (Lipinski definition) is 1. The van der Waals surface area contributed by atoms with Crippen LogP contribution in [-0.4, -0.2) is 18.7 Å². The average molecular weight is 270 g/mol. The Hall–Kier alpha value is -1.65. The van der Waals surface area contributed by atoms with Crippen molar-refractivity contribution in [3.05, 3.63) is 65.0 Å². The molecule has 0 amide bonds. The predicted octanol–water partition coefficient (Wildman–Crippen LogP) is 1.87. The lowest BCUT2D eigenvalue weighted by atomic mass is 9.73. The van der Waals surface area contributed by atoms with Gasteiger partial charge in [-0.15, -0.1) is 0 Å². The molecule has 0 fully saturated rings. The normalized spacial score (nSPS) is 14.2. The molecule has 2 aromatic rings. The molecule has 2 nitrogen and oxygen atoms in total. The van der Waals surface area contributed by atoms with Crippen molar-refractivity contribution in [3.63, 3.8) is 0 Å².